The summed E-state index contributed by atoms with van der Waals surface area (Å²) >= 11 is 0. The first-order valence-corrected chi connectivity index (χ1v) is 3.45. The predicted molar refractivity (Wildman–Crippen MR) is 48.4 cm³/mol. The molecule has 0 saturated heterocycles. The minimum atomic E-state index is 0.572. The van der Waals surface area contributed by atoms with Crippen LogP contribution in [0.1, 0.15) is 0 Å². The van der Waals surface area contributed by atoms with Crippen LogP contribution in [-0.2, 0) is 4.79 Å². The van der Waals surface area contributed by atoms with Crippen molar-refractivity contribution in [3.05, 3.63) is 24.4 Å². The van der Waals surface area contributed by atoms with Crippen LogP contribution in [0.5, 0.6) is 0 Å². The maximum absolute atomic E-state index is 9.43. The average Bonchev–Trinajstić information content (AvgIpc) is 2.07. The van der Waals surface area contributed by atoms with Gasteiger partial charge < -0.3 is 10.6 Å². The van der Waals surface area contributed by atoms with Gasteiger partial charge in [0.05, 0.1) is 0 Å². The molecule has 0 aliphatic carbocycles. The Morgan fingerprint density at radius 3 is 2.25 bits per heavy atom. The van der Waals surface area contributed by atoms with Gasteiger partial charge in [0.25, 0.3) is 0 Å². The van der Waals surface area contributed by atoms with Crippen molar-refractivity contribution in [2.24, 2.45) is 0 Å². The van der Waals surface area contributed by atoms with Gasteiger partial charge in [0, 0.05) is 20.3 Å². The standard InChI is InChI=1S/C5H6N2.C3H7NO/c6-5-3-1-2-4-7-5;1-4(2)3-5/h1-4H,(H2,6,7);3H,1-2H3. The Balaban J connectivity index is 0.000000217. The zero-order valence-electron chi connectivity index (χ0n) is 7.27. The molecule has 4 heteroatoms. The molecule has 0 bridgehead atoms. The molecule has 66 valence electrons. The van der Waals surface area contributed by atoms with Gasteiger partial charge in [0.15, 0.2) is 0 Å². The zero-order valence-corrected chi connectivity index (χ0v) is 7.27. The van der Waals surface area contributed by atoms with Crippen molar-refractivity contribution >= 4 is 12.2 Å². The number of carbonyl (C=O) groups excluding carboxylic acids is 1. The largest absolute Gasteiger partial charge is 0.384 e. The van der Waals surface area contributed by atoms with Crippen molar-refractivity contribution in [1.82, 2.24) is 9.88 Å². The van der Waals surface area contributed by atoms with E-state index in [-0.39, 0.29) is 0 Å². The molecular weight excluding hydrogens is 154 g/mol. The summed E-state index contributed by atoms with van der Waals surface area (Å²) in [5.41, 5.74) is 5.25. The lowest BCUT2D eigenvalue weighted by molar-refractivity contribution is -0.115. The highest BCUT2D eigenvalue weighted by atomic mass is 16.1. The maximum atomic E-state index is 9.43. The lowest BCUT2D eigenvalue weighted by Crippen LogP contribution is -2.06. The molecule has 0 unspecified atom stereocenters. The van der Waals surface area contributed by atoms with E-state index in [9.17, 15) is 4.79 Å². The van der Waals surface area contributed by atoms with Gasteiger partial charge in [-0.2, -0.15) is 0 Å². The Morgan fingerprint density at radius 2 is 2.08 bits per heavy atom. The molecule has 0 atom stereocenters. The van der Waals surface area contributed by atoms with Crippen molar-refractivity contribution in [2.75, 3.05) is 19.8 Å². The molecular formula is C8H13N3O. The van der Waals surface area contributed by atoms with Crippen LogP contribution in [0.25, 0.3) is 0 Å². The third kappa shape index (κ3) is 6.54. The fraction of sp³-hybridized carbons (Fsp3) is 0.250. The van der Waals surface area contributed by atoms with E-state index < -0.39 is 0 Å². The molecule has 1 aromatic heterocycles. The number of carbonyl (C=O) groups is 1. The minimum absolute atomic E-state index is 0.572. The number of anilines is 1. The molecule has 0 spiro atoms. The predicted octanol–water partition coefficient (Wildman–Crippen LogP) is 0.368. The van der Waals surface area contributed by atoms with E-state index >= 15 is 0 Å². The quantitative estimate of drug-likeness (QED) is 0.615. The summed E-state index contributed by atoms with van der Waals surface area (Å²) in [7, 11) is 3.38. The molecule has 4 nitrogen and oxygen atoms in total. The molecule has 12 heavy (non-hydrogen) atoms. The highest BCUT2D eigenvalue weighted by Gasteiger charge is 1.73. The molecule has 2 N–H and O–H groups in total. The van der Waals surface area contributed by atoms with Gasteiger partial charge >= 0.3 is 0 Å². The Hall–Kier alpha value is -1.58. The maximum Gasteiger partial charge on any atom is 0.209 e. The third-order valence-corrected chi connectivity index (χ3v) is 0.899. The molecule has 0 aliphatic rings. The van der Waals surface area contributed by atoms with Gasteiger partial charge in [-0.1, -0.05) is 6.07 Å². The van der Waals surface area contributed by atoms with Crippen LogP contribution in [0.15, 0.2) is 24.4 Å². The van der Waals surface area contributed by atoms with Gasteiger partial charge in [0.2, 0.25) is 6.41 Å². The Labute approximate surface area is 72.0 Å². The molecule has 0 aromatic carbocycles. The van der Waals surface area contributed by atoms with Crippen molar-refractivity contribution in [2.45, 2.75) is 0 Å². The first-order chi connectivity index (χ1) is 5.66. The summed E-state index contributed by atoms with van der Waals surface area (Å²) in [5, 5.41) is 0. The number of amides is 1. The summed E-state index contributed by atoms with van der Waals surface area (Å²) in [6.45, 7) is 0. The van der Waals surface area contributed by atoms with Gasteiger partial charge in [-0.15, -0.1) is 0 Å². The first-order valence-electron chi connectivity index (χ1n) is 3.45. The number of rotatable bonds is 1. The summed E-state index contributed by atoms with van der Waals surface area (Å²) in [5.74, 6) is 0.572. The lowest BCUT2D eigenvalue weighted by atomic mass is 10.5. The second-order valence-corrected chi connectivity index (χ2v) is 2.32. The highest BCUT2D eigenvalue weighted by molar-refractivity contribution is 5.45. The Morgan fingerprint density at radius 1 is 1.50 bits per heavy atom. The van der Waals surface area contributed by atoms with E-state index in [0.29, 0.717) is 5.82 Å². The first kappa shape index (κ1) is 10.4. The Bertz CT molecular complexity index is 211. The van der Waals surface area contributed by atoms with E-state index in [2.05, 4.69) is 4.98 Å². The van der Waals surface area contributed by atoms with Crippen molar-refractivity contribution in [1.29, 1.82) is 0 Å². The number of hydrogen-bond acceptors (Lipinski definition) is 3. The van der Waals surface area contributed by atoms with Crippen LogP contribution in [0.3, 0.4) is 0 Å². The molecule has 1 amide bonds. The lowest BCUT2D eigenvalue weighted by Gasteiger charge is -1.93. The number of hydrogen-bond donors (Lipinski definition) is 1. The smallest absolute Gasteiger partial charge is 0.209 e. The molecule has 0 fully saturated rings. The SMILES string of the molecule is CN(C)C=O.Nc1ccccn1. The van der Waals surface area contributed by atoms with Crippen molar-refractivity contribution in [3.63, 3.8) is 0 Å². The van der Waals surface area contributed by atoms with Gasteiger partial charge in [-0.3, -0.25) is 4.79 Å². The van der Waals surface area contributed by atoms with E-state index in [1.807, 2.05) is 12.1 Å². The van der Waals surface area contributed by atoms with E-state index in [1.54, 1.807) is 26.4 Å². The fourth-order valence-electron chi connectivity index (χ4n) is 0.376. The topological polar surface area (TPSA) is 59.2 Å². The monoisotopic (exact) mass is 167 g/mol. The molecule has 1 aromatic rings. The van der Waals surface area contributed by atoms with E-state index in [4.69, 9.17) is 5.73 Å². The molecule has 0 radical (unpaired) electrons. The zero-order chi connectivity index (χ0) is 9.40. The number of nitrogens with zero attached hydrogens (tertiary/aromatic N) is 2. The van der Waals surface area contributed by atoms with Crippen LogP contribution in [0, 0.1) is 0 Å². The van der Waals surface area contributed by atoms with Crippen LogP contribution < -0.4 is 5.73 Å². The second-order valence-electron chi connectivity index (χ2n) is 2.32. The van der Waals surface area contributed by atoms with Crippen LogP contribution >= 0.6 is 0 Å². The van der Waals surface area contributed by atoms with Crippen LogP contribution in [-0.4, -0.2) is 30.4 Å². The van der Waals surface area contributed by atoms with Crippen molar-refractivity contribution in [3.8, 4) is 0 Å². The second kappa shape index (κ2) is 6.15. The fourth-order valence-corrected chi connectivity index (χ4v) is 0.376. The van der Waals surface area contributed by atoms with Crippen LogP contribution in [0.2, 0.25) is 0 Å². The number of nitrogen functional groups attached to an aromatic ring is 1. The average molecular weight is 167 g/mol. The Kier molecular flexibility index (Phi) is 5.34. The summed E-state index contributed by atoms with van der Waals surface area (Å²) in [6.07, 6.45) is 2.41. The summed E-state index contributed by atoms with van der Waals surface area (Å²) < 4.78 is 0. The molecule has 1 heterocycles. The van der Waals surface area contributed by atoms with Gasteiger partial charge in [-0.25, -0.2) is 4.98 Å². The summed E-state index contributed by atoms with van der Waals surface area (Å²) in [4.78, 5) is 14.6. The molecule has 1 rings (SSSR count). The van der Waals surface area contributed by atoms with E-state index in [1.165, 1.54) is 4.90 Å². The minimum Gasteiger partial charge on any atom is -0.384 e. The number of nitrogens with two attached hydrogens (primary N) is 1. The number of aromatic nitrogens is 1. The van der Waals surface area contributed by atoms with Gasteiger partial charge in [-0.05, 0) is 12.1 Å². The van der Waals surface area contributed by atoms with Crippen LogP contribution in [0.4, 0.5) is 5.82 Å². The van der Waals surface area contributed by atoms with Gasteiger partial charge in [0.1, 0.15) is 5.82 Å². The normalized spacial score (nSPS) is 7.83. The molecule has 0 saturated carbocycles. The van der Waals surface area contributed by atoms with E-state index in [0.717, 1.165) is 6.41 Å². The molecule has 0 aliphatic heterocycles. The number of pyridine rings is 1. The summed E-state index contributed by atoms with van der Waals surface area (Å²) in [6, 6.07) is 5.43. The third-order valence-electron chi connectivity index (χ3n) is 0.899. The van der Waals surface area contributed by atoms with Crippen molar-refractivity contribution < 1.29 is 4.79 Å². The highest BCUT2D eigenvalue weighted by Crippen LogP contribution is 1.89.